The van der Waals surface area contributed by atoms with Crippen LogP contribution in [-0.2, 0) is 0 Å². The van der Waals surface area contributed by atoms with E-state index in [4.69, 9.17) is 4.74 Å². The SMILES string of the molecule is C[C@H](Oc1cc(N2NC(C(C)(C)O)N(C)C2=O)c(F)cc1C(=O)Nc1c(F)cccc1F)C(F)(F)F. The topological polar surface area (TPSA) is 94.1 Å². The fourth-order valence-corrected chi connectivity index (χ4v) is 3.38. The van der Waals surface area contributed by atoms with E-state index >= 15 is 4.39 Å². The summed E-state index contributed by atoms with van der Waals surface area (Å²) >= 11 is 0. The molecule has 0 aromatic heterocycles. The summed E-state index contributed by atoms with van der Waals surface area (Å²) in [7, 11) is 1.30. The lowest BCUT2D eigenvalue weighted by Gasteiger charge is -2.29. The van der Waals surface area contributed by atoms with Gasteiger partial charge in [0.15, 0.2) is 6.10 Å². The Kier molecular flexibility index (Phi) is 7.15. The maximum absolute atomic E-state index is 15.1. The zero-order valence-electron chi connectivity index (χ0n) is 19.4. The number of hydrogen-bond acceptors (Lipinski definition) is 5. The first-order chi connectivity index (χ1) is 16.5. The van der Waals surface area contributed by atoms with Crippen molar-refractivity contribution in [3.05, 3.63) is 53.3 Å². The number of nitrogens with one attached hydrogen (secondary N) is 2. The van der Waals surface area contributed by atoms with Crippen molar-refractivity contribution in [1.29, 1.82) is 0 Å². The van der Waals surface area contributed by atoms with E-state index in [1.54, 1.807) is 0 Å². The molecule has 36 heavy (non-hydrogen) atoms. The van der Waals surface area contributed by atoms with Crippen molar-refractivity contribution >= 4 is 23.3 Å². The molecule has 3 amide bonds. The molecular weight excluding hydrogens is 498 g/mol. The minimum Gasteiger partial charge on any atom is -0.480 e. The van der Waals surface area contributed by atoms with Crippen LogP contribution < -0.4 is 20.5 Å². The molecule has 14 heteroatoms. The van der Waals surface area contributed by atoms with Gasteiger partial charge in [0, 0.05) is 13.1 Å². The number of anilines is 2. The fourth-order valence-electron chi connectivity index (χ4n) is 3.38. The number of nitrogens with zero attached hydrogens (tertiary/aromatic N) is 2. The second-order valence-electron chi connectivity index (χ2n) is 8.57. The molecule has 0 bridgehead atoms. The van der Waals surface area contributed by atoms with Gasteiger partial charge in [0.2, 0.25) is 0 Å². The molecule has 2 aromatic carbocycles. The van der Waals surface area contributed by atoms with Crippen molar-refractivity contribution in [1.82, 2.24) is 10.3 Å². The minimum atomic E-state index is -4.89. The molecule has 0 radical (unpaired) electrons. The standard InChI is InChI=1S/C22H22F6N4O4/c1-10(22(26,27)28)36-16-9-15(32-20(34)31(4)19(30-32)21(2,3)35)14(25)8-11(16)18(33)29-17-12(23)6-5-7-13(17)24/h5-10,19,30,35H,1-4H3,(H,29,33)/t10-,19?/m0/s1. The Morgan fingerprint density at radius 2 is 1.72 bits per heavy atom. The van der Waals surface area contributed by atoms with Crippen LogP contribution in [0, 0.1) is 17.5 Å². The number of halogens is 6. The maximum atomic E-state index is 15.1. The van der Waals surface area contributed by atoms with E-state index in [-0.39, 0.29) is 0 Å². The van der Waals surface area contributed by atoms with Gasteiger partial charge in [-0.05, 0) is 39.0 Å². The number of alkyl halides is 3. The molecule has 0 spiro atoms. The Balaban J connectivity index is 2.07. The number of likely N-dealkylation sites (N-methyl/N-ethyl adjacent to an activating group) is 1. The summed E-state index contributed by atoms with van der Waals surface area (Å²) in [5, 5.41) is 12.7. The van der Waals surface area contributed by atoms with E-state index in [1.807, 2.05) is 5.32 Å². The van der Waals surface area contributed by atoms with Crippen molar-refractivity contribution in [3.63, 3.8) is 0 Å². The number of amides is 3. The van der Waals surface area contributed by atoms with E-state index in [9.17, 15) is 36.6 Å². The Morgan fingerprint density at radius 1 is 1.14 bits per heavy atom. The third-order valence-electron chi connectivity index (χ3n) is 5.30. The summed E-state index contributed by atoms with van der Waals surface area (Å²) in [5.41, 5.74) is -1.33. The Labute approximate surface area is 201 Å². The number of para-hydroxylation sites is 1. The number of carbonyl (C=O) groups is 2. The highest BCUT2D eigenvalue weighted by molar-refractivity contribution is 6.07. The smallest absolute Gasteiger partial charge is 0.425 e. The second-order valence-corrected chi connectivity index (χ2v) is 8.57. The zero-order chi connectivity index (χ0) is 27.2. The zero-order valence-corrected chi connectivity index (χ0v) is 19.4. The fraction of sp³-hybridized carbons (Fsp3) is 0.364. The van der Waals surface area contributed by atoms with E-state index < -0.39 is 76.1 Å². The van der Waals surface area contributed by atoms with Crippen molar-refractivity contribution in [2.45, 2.75) is 44.8 Å². The lowest BCUT2D eigenvalue weighted by atomic mass is 10.1. The van der Waals surface area contributed by atoms with Gasteiger partial charge in [-0.25, -0.2) is 23.0 Å². The van der Waals surface area contributed by atoms with Gasteiger partial charge in [0.05, 0.1) is 11.2 Å². The van der Waals surface area contributed by atoms with Gasteiger partial charge >= 0.3 is 12.2 Å². The average molecular weight is 520 g/mol. The predicted octanol–water partition coefficient (Wildman–Crippen LogP) is 4.16. The average Bonchev–Trinajstić information content (AvgIpc) is 3.05. The molecule has 1 aliphatic heterocycles. The molecule has 8 nitrogen and oxygen atoms in total. The highest BCUT2D eigenvalue weighted by Gasteiger charge is 2.44. The number of hydrogen-bond donors (Lipinski definition) is 3. The van der Waals surface area contributed by atoms with Crippen molar-refractivity contribution in [2.75, 3.05) is 17.4 Å². The van der Waals surface area contributed by atoms with Gasteiger partial charge in [-0.3, -0.25) is 4.79 Å². The minimum absolute atomic E-state index is 0.466. The molecule has 3 N–H and O–H groups in total. The lowest BCUT2D eigenvalue weighted by Crippen LogP contribution is -2.51. The maximum Gasteiger partial charge on any atom is 0.425 e. The number of aliphatic hydroxyl groups is 1. The van der Waals surface area contributed by atoms with Crippen molar-refractivity contribution in [3.8, 4) is 5.75 Å². The van der Waals surface area contributed by atoms with Crippen LogP contribution in [0.25, 0.3) is 0 Å². The van der Waals surface area contributed by atoms with Crippen LogP contribution in [0.4, 0.5) is 42.5 Å². The number of rotatable bonds is 6. The molecule has 0 saturated carbocycles. The quantitative estimate of drug-likeness (QED) is 0.498. The highest BCUT2D eigenvalue weighted by Crippen LogP contribution is 2.35. The summed E-state index contributed by atoms with van der Waals surface area (Å²) in [5.74, 6) is -5.82. The van der Waals surface area contributed by atoms with Gasteiger partial charge in [0.1, 0.15) is 40.7 Å². The largest absolute Gasteiger partial charge is 0.480 e. The molecule has 2 atom stereocenters. The number of hydrazine groups is 1. The number of carbonyl (C=O) groups excluding carboxylic acids is 2. The van der Waals surface area contributed by atoms with E-state index in [2.05, 4.69) is 5.43 Å². The van der Waals surface area contributed by atoms with Crippen LogP contribution in [0.1, 0.15) is 31.1 Å². The van der Waals surface area contributed by atoms with Gasteiger partial charge in [-0.2, -0.15) is 18.6 Å². The summed E-state index contributed by atoms with van der Waals surface area (Å²) in [4.78, 5) is 26.4. The van der Waals surface area contributed by atoms with Crippen LogP contribution in [0.15, 0.2) is 30.3 Å². The van der Waals surface area contributed by atoms with E-state index in [1.165, 1.54) is 20.9 Å². The first-order valence-electron chi connectivity index (χ1n) is 10.4. The molecule has 1 fully saturated rings. The summed E-state index contributed by atoms with van der Waals surface area (Å²) in [6.45, 7) is 3.35. The van der Waals surface area contributed by atoms with Crippen LogP contribution in [-0.4, -0.2) is 53.0 Å². The molecule has 2 aromatic rings. The molecule has 3 rings (SSSR count). The Bertz CT molecular complexity index is 1160. The normalized spacial score (nSPS) is 17.4. The predicted molar refractivity (Wildman–Crippen MR) is 116 cm³/mol. The third-order valence-corrected chi connectivity index (χ3v) is 5.30. The molecule has 1 saturated heterocycles. The second kappa shape index (κ2) is 9.50. The first-order valence-corrected chi connectivity index (χ1v) is 10.4. The molecule has 1 heterocycles. The van der Waals surface area contributed by atoms with E-state index in [0.29, 0.717) is 24.1 Å². The van der Waals surface area contributed by atoms with Gasteiger partial charge in [-0.15, -0.1) is 0 Å². The first kappa shape index (κ1) is 27.1. The van der Waals surface area contributed by atoms with Crippen LogP contribution in [0.3, 0.4) is 0 Å². The summed E-state index contributed by atoms with van der Waals surface area (Å²) in [6, 6.07) is 2.93. The Hall–Kier alpha value is -3.52. The third kappa shape index (κ3) is 5.33. The molecule has 1 unspecified atom stereocenters. The molecule has 0 aliphatic carbocycles. The number of ether oxygens (including phenoxy) is 1. The molecular formula is C22H22F6N4O4. The molecule has 196 valence electrons. The van der Waals surface area contributed by atoms with Crippen molar-refractivity contribution in [2.24, 2.45) is 0 Å². The summed E-state index contributed by atoms with van der Waals surface area (Å²) in [6.07, 6.45) is -8.43. The van der Waals surface area contributed by atoms with Gasteiger partial charge < -0.3 is 20.1 Å². The van der Waals surface area contributed by atoms with Crippen molar-refractivity contribution < 1.29 is 45.8 Å². The van der Waals surface area contributed by atoms with E-state index in [0.717, 1.165) is 23.1 Å². The van der Waals surface area contributed by atoms with Crippen LogP contribution in [0.5, 0.6) is 5.75 Å². The van der Waals surface area contributed by atoms with Gasteiger partial charge in [0.25, 0.3) is 5.91 Å². The lowest BCUT2D eigenvalue weighted by molar-refractivity contribution is -0.189. The monoisotopic (exact) mass is 520 g/mol. The number of urea groups is 1. The Morgan fingerprint density at radius 3 is 2.22 bits per heavy atom. The van der Waals surface area contributed by atoms with Gasteiger partial charge in [-0.1, -0.05) is 6.07 Å². The summed E-state index contributed by atoms with van der Waals surface area (Å²) < 4.78 is 87.5. The number of benzene rings is 2. The van der Waals surface area contributed by atoms with Crippen LogP contribution >= 0.6 is 0 Å². The van der Waals surface area contributed by atoms with Crippen LogP contribution in [0.2, 0.25) is 0 Å². The highest BCUT2D eigenvalue weighted by atomic mass is 19.4. The molecule has 1 aliphatic rings.